The van der Waals surface area contributed by atoms with Gasteiger partial charge >= 0.3 is 6.18 Å². The molecule has 200 valence electrons. The van der Waals surface area contributed by atoms with Gasteiger partial charge in [-0.1, -0.05) is 12.1 Å². The molecule has 38 heavy (non-hydrogen) atoms. The molecule has 0 aliphatic carbocycles. The van der Waals surface area contributed by atoms with E-state index >= 15 is 0 Å². The molecule has 12 heteroatoms. The summed E-state index contributed by atoms with van der Waals surface area (Å²) in [5.74, 6) is 1.80. The summed E-state index contributed by atoms with van der Waals surface area (Å²) in [6.07, 6.45) is -4.15. The fourth-order valence-electron chi connectivity index (χ4n) is 4.94. The molecular formula is C26H26F5N7. The first-order valence-electron chi connectivity index (χ1n) is 12.1. The van der Waals surface area contributed by atoms with Crippen molar-refractivity contribution in [2.75, 3.05) is 11.4 Å². The van der Waals surface area contributed by atoms with Crippen LogP contribution in [0.4, 0.5) is 27.8 Å². The molecule has 0 radical (unpaired) electrons. The van der Waals surface area contributed by atoms with Crippen molar-refractivity contribution in [1.82, 2.24) is 24.1 Å². The van der Waals surface area contributed by atoms with Crippen LogP contribution in [-0.2, 0) is 26.3 Å². The third kappa shape index (κ3) is 4.52. The molecule has 1 atom stereocenters. The Hall–Kier alpha value is -3.83. The fourth-order valence-corrected chi connectivity index (χ4v) is 4.94. The first-order valence-corrected chi connectivity index (χ1v) is 12.1. The maximum Gasteiger partial charge on any atom is 0.416 e. The molecule has 0 spiro atoms. The van der Waals surface area contributed by atoms with E-state index in [-0.39, 0.29) is 11.3 Å². The molecule has 0 saturated heterocycles. The zero-order chi connectivity index (χ0) is 27.4. The molecule has 1 aromatic carbocycles. The number of aryl methyl sites for hydroxylation is 2. The summed E-state index contributed by atoms with van der Waals surface area (Å²) in [7, 11) is 1.85. The molecule has 4 heterocycles. The molecule has 7 nitrogen and oxygen atoms in total. The number of aromatic nitrogens is 5. The second-order valence-electron chi connectivity index (χ2n) is 9.40. The molecule has 5 rings (SSSR count). The smallest absolute Gasteiger partial charge is 0.347 e. The lowest BCUT2D eigenvalue weighted by Crippen LogP contribution is -2.35. The number of hydrogen-bond acceptors (Lipinski definition) is 5. The Morgan fingerprint density at radius 3 is 2.53 bits per heavy atom. The van der Waals surface area contributed by atoms with Gasteiger partial charge in [0, 0.05) is 25.5 Å². The topological polar surface area (TPSA) is 64.1 Å². The molecule has 1 aliphatic rings. The summed E-state index contributed by atoms with van der Waals surface area (Å²) in [5.41, 5.74) is 0.961. The van der Waals surface area contributed by atoms with Gasteiger partial charge in [-0.05, 0) is 44.0 Å². The number of hydrogen-bond donors (Lipinski definition) is 0. The van der Waals surface area contributed by atoms with Gasteiger partial charge in [-0.25, -0.2) is 23.7 Å². The predicted molar refractivity (Wildman–Crippen MR) is 132 cm³/mol. The Morgan fingerprint density at radius 1 is 1.05 bits per heavy atom. The number of benzene rings is 1. The van der Waals surface area contributed by atoms with Crippen LogP contribution in [0.15, 0.2) is 41.7 Å². The van der Waals surface area contributed by atoms with Crippen molar-refractivity contribution in [2.24, 2.45) is 12.0 Å². The Labute approximate surface area is 215 Å². The largest absolute Gasteiger partial charge is 0.416 e. The van der Waals surface area contributed by atoms with Crippen molar-refractivity contribution in [3.8, 4) is 0 Å². The van der Waals surface area contributed by atoms with Crippen molar-refractivity contribution < 1.29 is 22.0 Å². The van der Waals surface area contributed by atoms with E-state index in [0.717, 1.165) is 11.6 Å². The van der Waals surface area contributed by atoms with E-state index in [1.807, 2.05) is 29.5 Å². The highest BCUT2D eigenvalue weighted by atomic mass is 19.4. The standard InChI is InChI=1S/C26H26F5N7/c1-14-17(6-5-7-19(14)26(29,30)31)15(2)34-25-18-10-22(32-11-20(18)36(4)16(3)35-25)37-8-9-38-21(24(27)28)12-33-23(38)13-37/h5-7,10-12,15,24H,8-9,13H2,1-4H3/b34-25-. The van der Waals surface area contributed by atoms with Crippen LogP contribution >= 0.6 is 0 Å². The summed E-state index contributed by atoms with van der Waals surface area (Å²) in [6, 6.07) is 5.34. The highest BCUT2D eigenvalue weighted by Gasteiger charge is 2.33. The van der Waals surface area contributed by atoms with E-state index in [1.165, 1.54) is 23.8 Å². The first kappa shape index (κ1) is 25.8. The highest BCUT2D eigenvalue weighted by Crippen LogP contribution is 2.35. The van der Waals surface area contributed by atoms with Crippen molar-refractivity contribution in [1.29, 1.82) is 0 Å². The molecule has 0 saturated carbocycles. The van der Waals surface area contributed by atoms with Gasteiger partial charge in [0.15, 0.2) is 5.49 Å². The minimum atomic E-state index is -4.46. The van der Waals surface area contributed by atoms with Crippen LogP contribution in [0.25, 0.3) is 10.9 Å². The molecule has 1 unspecified atom stereocenters. The average molecular weight is 532 g/mol. The Bertz CT molecular complexity index is 1590. The van der Waals surface area contributed by atoms with Gasteiger partial charge in [0.1, 0.15) is 23.2 Å². The quantitative estimate of drug-likeness (QED) is 0.330. The summed E-state index contributed by atoms with van der Waals surface area (Å²) in [4.78, 5) is 20.1. The van der Waals surface area contributed by atoms with Gasteiger partial charge in [0.25, 0.3) is 6.43 Å². The Balaban J connectivity index is 1.57. The van der Waals surface area contributed by atoms with E-state index in [1.54, 1.807) is 19.2 Å². The zero-order valence-corrected chi connectivity index (χ0v) is 21.3. The molecular weight excluding hydrogens is 505 g/mol. The minimum Gasteiger partial charge on any atom is -0.347 e. The minimum absolute atomic E-state index is 0.0993. The normalized spacial score (nSPS) is 15.4. The Kier molecular flexibility index (Phi) is 6.44. The van der Waals surface area contributed by atoms with Gasteiger partial charge in [-0.3, -0.25) is 4.99 Å². The summed E-state index contributed by atoms with van der Waals surface area (Å²) in [5, 5.41) is 0.682. The molecule has 3 aromatic heterocycles. The SMILES string of the molecule is Cc1c(C(C)/N=c2\nc(C)n(C)c3cnc(N4CCn5c(C(F)F)cnc5C4)cc23)cccc1C(F)(F)F. The van der Waals surface area contributed by atoms with Gasteiger partial charge in [-0.2, -0.15) is 13.2 Å². The number of rotatable bonds is 4. The maximum atomic E-state index is 13.5. The van der Waals surface area contributed by atoms with Crippen molar-refractivity contribution in [2.45, 2.75) is 52.5 Å². The summed E-state index contributed by atoms with van der Waals surface area (Å²) in [6.45, 7) is 6.12. The number of fused-ring (bicyclic) bond motifs is 2. The maximum absolute atomic E-state index is 13.5. The molecule has 0 bridgehead atoms. The van der Waals surface area contributed by atoms with Crippen LogP contribution in [0.2, 0.25) is 0 Å². The van der Waals surface area contributed by atoms with E-state index in [9.17, 15) is 22.0 Å². The number of halogens is 5. The first-order chi connectivity index (χ1) is 18.0. The summed E-state index contributed by atoms with van der Waals surface area (Å²) >= 11 is 0. The predicted octanol–water partition coefficient (Wildman–Crippen LogP) is 5.42. The van der Waals surface area contributed by atoms with Crippen LogP contribution in [0.5, 0.6) is 0 Å². The number of nitrogens with zero attached hydrogens (tertiary/aromatic N) is 7. The number of anilines is 1. The van der Waals surface area contributed by atoms with Gasteiger partial charge < -0.3 is 14.0 Å². The van der Waals surface area contributed by atoms with E-state index in [4.69, 9.17) is 4.99 Å². The second kappa shape index (κ2) is 9.48. The lowest BCUT2D eigenvalue weighted by molar-refractivity contribution is -0.138. The van der Waals surface area contributed by atoms with Crippen molar-refractivity contribution in [3.05, 3.63) is 76.2 Å². The van der Waals surface area contributed by atoms with E-state index in [0.29, 0.717) is 53.5 Å². The van der Waals surface area contributed by atoms with Crippen molar-refractivity contribution >= 4 is 16.7 Å². The molecule has 0 amide bonds. The molecule has 0 fully saturated rings. The van der Waals surface area contributed by atoms with Gasteiger partial charge in [0.2, 0.25) is 0 Å². The fraction of sp³-hybridized carbons (Fsp3) is 0.385. The second-order valence-corrected chi connectivity index (χ2v) is 9.40. The number of alkyl halides is 5. The average Bonchev–Trinajstić information content (AvgIpc) is 3.30. The van der Waals surface area contributed by atoms with Crippen LogP contribution in [0.3, 0.4) is 0 Å². The van der Waals surface area contributed by atoms with Crippen LogP contribution in [0.1, 0.15) is 53.4 Å². The number of imidazole rings is 1. The lowest BCUT2D eigenvalue weighted by Gasteiger charge is -2.29. The van der Waals surface area contributed by atoms with E-state index in [2.05, 4.69) is 15.0 Å². The number of pyridine rings is 1. The molecule has 4 aromatic rings. The third-order valence-corrected chi connectivity index (χ3v) is 7.11. The Morgan fingerprint density at radius 2 is 1.82 bits per heavy atom. The van der Waals surface area contributed by atoms with Crippen LogP contribution < -0.4 is 10.4 Å². The molecule has 0 N–H and O–H groups in total. The molecule has 1 aliphatic heterocycles. The summed E-state index contributed by atoms with van der Waals surface area (Å²) < 4.78 is 70.4. The third-order valence-electron chi connectivity index (χ3n) is 7.11. The lowest BCUT2D eigenvalue weighted by atomic mass is 9.97. The van der Waals surface area contributed by atoms with Gasteiger partial charge in [-0.15, -0.1) is 0 Å². The van der Waals surface area contributed by atoms with Gasteiger partial charge in [0.05, 0.1) is 36.1 Å². The monoisotopic (exact) mass is 531 g/mol. The van der Waals surface area contributed by atoms with E-state index < -0.39 is 24.2 Å². The van der Waals surface area contributed by atoms with Crippen LogP contribution in [-0.4, -0.2) is 30.6 Å². The zero-order valence-electron chi connectivity index (χ0n) is 21.3. The highest BCUT2D eigenvalue weighted by molar-refractivity contribution is 5.80. The van der Waals surface area contributed by atoms with Crippen molar-refractivity contribution in [3.63, 3.8) is 0 Å². The van der Waals surface area contributed by atoms with Crippen LogP contribution in [0, 0.1) is 13.8 Å².